The molecule has 6 heteroatoms. The van der Waals surface area contributed by atoms with Crippen LogP contribution in [0.25, 0.3) is 0 Å². The van der Waals surface area contributed by atoms with Crippen molar-refractivity contribution in [3.63, 3.8) is 0 Å². The average Bonchev–Trinajstić information content (AvgIpc) is 2.02. The summed E-state index contributed by atoms with van der Waals surface area (Å²) in [4.78, 5) is 12.3. The summed E-state index contributed by atoms with van der Waals surface area (Å²) in [7, 11) is 0. The zero-order valence-electron chi connectivity index (χ0n) is 6.59. The molecule has 0 bridgehead atoms. The zero-order chi connectivity index (χ0) is 9.23. The molecule has 0 aromatic carbocycles. The van der Waals surface area contributed by atoms with Crippen LogP contribution in [-0.4, -0.2) is 44.0 Å². The number of carboxylic acids is 1. The van der Waals surface area contributed by atoms with Crippen molar-refractivity contribution in [3.05, 3.63) is 0 Å². The molecule has 72 valence electrons. The van der Waals surface area contributed by atoms with Crippen LogP contribution in [0.1, 0.15) is 0 Å². The molecule has 0 unspecified atom stereocenters. The van der Waals surface area contributed by atoms with Gasteiger partial charge in [-0.15, -0.1) is 0 Å². The molecule has 0 spiro atoms. The molecule has 12 heavy (non-hydrogen) atoms. The Kier molecular flexibility index (Phi) is 8.47. The first kappa shape index (κ1) is 11.6. The summed E-state index contributed by atoms with van der Waals surface area (Å²) < 4.78 is 9.69. The molecule has 0 aliphatic rings. The second-order valence-electron chi connectivity index (χ2n) is 1.94. The van der Waals surface area contributed by atoms with Crippen LogP contribution in [-0.2, 0) is 14.3 Å². The lowest BCUT2D eigenvalue weighted by Crippen LogP contribution is -2.14. The van der Waals surface area contributed by atoms with Crippen LogP contribution in [0.5, 0.6) is 0 Å². The third-order valence-corrected chi connectivity index (χ3v) is 1.13. The Morgan fingerprint density at radius 2 is 2.00 bits per heavy atom. The number of carboxylic acid groups (broad SMARTS) is 1. The van der Waals surface area contributed by atoms with E-state index in [1.807, 2.05) is 0 Å². The average molecular weight is 198 g/mol. The van der Waals surface area contributed by atoms with Gasteiger partial charge in [0, 0.05) is 6.54 Å². The highest BCUT2D eigenvalue weighted by molar-refractivity contribution is 6.13. The fourth-order valence-corrected chi connectivity index (χ4v) is 0.567. The molecule has 0 aliphatic heterocycles. The standard InChI is InChI=1S/C6H12ClNO4/c7-8-1-2-11-3-4-12-5-6(9)10/h8H,1-5H2,(H,9,10). The lowest BCUT2D eigenvalue weighted by atomic mass is 10.7. The minimum atomic E-state index is -0.975. The number of nitrogens with one attached hydrogen (secondary N) is 1. The molecule has 0 fully saturated rings. The topological polar surface area (TPSA) is 67.8 Å². The van der Waals surface area contributed by atoms with Gasteiger partial charge in [0.1, 0.15) is 6.61 Å². The number of carbonyl (C=O) groups is 1. The highest BCUT2D eigenvalue weighted by Gasteiger charge is 1.95. The van der Waals surface area contributed by atoms with Gasteiger partial charge in [0.2, 0.25) is 0 Å². The second-order valence-corrected chi connectivity index (χ2v) is 2.21. The van der Waals surface area contributed by atoms with Crippen molar-refractivity contribution in [2.75, 3.05) is 33.0 Å². The van der Waals surface area contributed by atoms with Gasteiger partial charge < -0.3 is 14.6 Å². The van der Waals surface area contributed by atoms with Gasteiger partial charge in [-0.25, -0.2) is 9.63 Å². The van der Waals surface area contributed by atoms with Crippen LogP contribution in [0.3, 0.4) is 0 Å². The minimum absolute atomic E-state index is 0.281. The maximum absolute atomic E-state index is 9.94. The predicted molar refractivity (Wildman–Crippen MR) is 43.1 cm³/mol. The number of ether oxygens (including phenoxy) is 2. The number of hydrogen-bond acceptors (Lipinski definition) is 4. The van der Waals surface area contributed by atoms with Crippen LogP contribution in [0.4, 0.5) is 0 Å². The Hall–Kier alpha value is -0.360. The van der Waals surface area contributed by atoms with Gasteiger partial charge in [-0.05, 0) is 11.8 Å². The van der Waals surface area contributed by atoms with E-state index >= 15 is 0 Å². The summed E-state index contributed by atoms with van der Waals surface area (Å²) in [5, 5.41) is 8.16. The molecule has 0 saturated heterocycles. The normalized spacial score (nSPS) is 10.1. The zero-order valence-corrected chi connectivity index (χ0v) is 7.34. The molecular weight excluding hydrogens is 186 g/mol. The van der Waals surface area contributed by atoms with Crippen molar-refractivity contribution in [1.29, 1.82) is 0 Å². The SMILES string of the molecule is O=C(O)COCCOCCNCl. The van der Waals surface area contributed by atoms with Gasteiger partial charge in [-0.1, -0.05) is 0 Å². The van der Waals surface area contributed by atoms with Crippen molar-refractivity contribution >= 4 is 17.7 Å². The molecular formula is C6H12ClNO4. The van der Waals surface area contributed by atoms with Crippen LogP contribution < -0.4 is 4.84 Å². The predicted octanol–water partition coefficient (Wildman–Crippen LogP) is -0.152. The summed E-state index contributed by atoms with van der Waals surface area (Å²) >= 11 is 5.14. The molecule has 5 nitrogen and oxygen atoms in total. The first-order chi connectivity index (χ1) is 5.77. The van der Waals surface area contributed by atoms with Crippen LogP contribution >= 0.6 is 11.8 Å². The van der Waals surface area contributed by atoms with Crippen LogP contribution in [0, 0.1) is 0 Å². The van der Waals surface area contributed by atoms with E-state index in [-0.39, 0.29) is 13.2 Å². The van der Waals surface area contributed by atoms with Gasteiger partial charge in [0.05, 0.1) is 19.8 Å². The Morgan fingerprint density at radius 1 is 1.33 bits per heavy atom. The van der Waals surface area contributed by atoms with Gasteiger partial charge in [-0.2, -0.15) is 0 Å². The number of hydrogen-bond donors (Lipinski definition) is 2. The first-order valence-electron chi connectivity index (χ1n) is 3.48. The molecule has 0 aromatic heterocycles. The monoisotopic (exact) mass is 197 g/mol. The van der Waals surface area contributed by atoms with Crippen molar-refractivity contribution in [2.45, 2.75) is 0 Å². The van der Waals surface area contributed by atoms with E-state index in [2.05, 4.69) is 4.84 Å². The number of aliphatic carboxylic acids is 1. The lowest BCUT2D eigenvalue weighted by Gasteiger charge is -2.02. The van der Waals surface area contributed by atoms with Crippen molar-refractivity contribution < 1.29 is 19.4 Å². The molecule has 0 aromatic rings. The molecule has 0 heterocycles. The fraction of sp³-hybridized carbons (Fsp3) is 0.833. The molecule has 0 rings (SSSR count). The van der Waals surface area contributed by atoms with Gasteiger partial charge in [-0.3, -0.25) is 0 Å². The highest BCUT2D eigenvalue weighted by atomic mass is 35.5. The quantitative estimate of drug-likeness (QED) is 0.418. The van der Waals surface area contributed by atoms with E-state index in [9.17, 15) is 4.79 Å². The maximum atomic E-state index is 9.94. The summed E-state index contributed by atoms with van der Waals surface area (Å²) in [6.45, 7) is 1.43. The smallest absolute Gasteiger partial charge is 0.329 e. The molecule has 0 radical (unpaired) electrons. The van der Waals surface area contributed by atoms with E-state index in [1.54, 1.807) is 0 Å². The second kappa shape index (κ2) is 8.73. The summed E-state index contributed by atoms with van der Waals surface area (Å²) in [5.41, 5.74) is 0. The first-order valence-corrected chi connectivity index (χ1v) is 3.86. The van der Waals surface area contributed by atoms with Crippen LogP contribution in [0.2, 0.25) is 0 Å². The Balaban J connectivity index is 2.86. The minimum Gasteiger partial charge on any atom is -0.480 e. The van der Waals surface area contributed by atoms with E-state index in [0.717, 1.165) is 0 Å². The Labute approximate surface area is 75.7 Å². The molecule has 0 aliphatic carbocycles. The van der Waals surface area contributed by atoms with Crippen molar-refractivity contribution in [2.24, 2.45) is 0 Å². The lowest BCUT2D eigenvalue weighted by molar-refractivity contribution is -0.142. The summed E-state index contributed by atoms with van der Waals surface area (Å²) in [5.74, 6) is -0.975. The van der Waals surface area contributed by atoms with E-state index in [4.69, 9.17) is 26.4 Å². The Morgan fingerprint density at radius 3 is 2.58 bits per heavy atom. The molecule has 2 N–H and O–H groups in total. The van der Waals surface area contributed by atoms with Crippen molar-refractivity contribution in [3.8, 4) is 0 Å². The molecule has 0 atom stereocenters. The third kappa shape index (κ3) is 9.64. The van der Waals surface area contributed by atoms with Gasteiger partial charge in [0.15, 0.2) is 0 Å². The maximum Gasteiger partial charge on any atom is 0.329 e. The third-order valence-electron chi connectivity index (χ3n) is 0.938. The van der Waals surface area contributed by atoms with Crippen LogP contribution in [0.15, 0.2) is 0 Å². The van der Waals surface area contributed by atoms with E-state index in [0.29, 0.717) is 19.8 Å². The largest absolute Gasteiger partial charge is 0.480 e. The van der Waals surface area contributed by atoms with E-state index < -0.39 is 5.97 Å². The van der Waals surface area contributed by atoms with Gasteiger partial charge >= 0.3 is 5.97 Å². The van der Waals surface area contributed by atoms with E-state index in [1.165, 1.54) is 0 Å². The summed E-state index contributed by atoms with van der Waals surface area (Å²) in [6.07, 6.45) is 0. The highest BCUT2D eigenvalue weighted by Crippen LogP contribution is 1.78. The summed E-state index contributed by atoms with van der Waals surface area (Å²) in [6, 6.07) is 0. The fourth-order valence-electron chi connectivity index (χ4n) is 0.490. The van der Waals surface area contributed by atoms with Gasteiger partial charge in [0.25, 0.3) is 0 Å². The number of halogens is 1. The Bertz CT molecular complexity index is 122. The molecule has 0 amide bonds. The van der Waals surface area contributed by atoms with Crippen molar-refractivity contribution in [1.82, 2.24) is 4.84 Å². The molecule has 0 saturated carbocycles. The number of rotatable bonds is 8.